The van der Waals surface area contributed by atoms with Crippen molar-refractivity contribution in [2.24, 2.45) is 0 Å². The van der Waals surface area contributed by atoms with E-state index in [2.05, 4.69) is 15.3 Å². The molecule has 1 unspecified atom stereocenters. The van der Waals surface area contributed by atoms with Crippen molar-refractivity contribution >= 4 is 11.6 Å². The van der Waals surface area contributed by atoms with E-state index in [9.17, 15) is 4.39 Å². The summed E-state index contributed by atoms with van der Waals surface area (Å²) in [5.74, 6) is 0.366. The zero-order valence-electron chi connectivity index (χ0n) is 10.6. The van der Waals surface area contributed by atoms with Crippen LogP contribution in [0.25, 0.3) is 0 Å². The molecular formula is C14H15ClFN3. The molecule has 0 saturated carbocycles. The first kappa shape index (κ1) is 13.9. The molecule has 5 heteroatoms. The summed E-state index contributed by atoms with van der Waals surface area (Å²) in [6.45, 7) is 2.76. The Hall–Kier alpha value is -1.52. The largest absolute Gasteiger partial charge is 0.307 e. The number of nitrogens with zero attached hydrogens (tertiary/aromatic N) is 2. The van der Waals surface area contributed by atoms with E-state index in [-0.39, 0.29) is 11.9 Å². The summed E-state index contributed by atoms with van der Waals surface area (Å²) >= 11 is 5.75. The van der Waals surface area contributed by atoms with Crippen LogP contribution < -0.4 is 5.32 Å². The number of rotatable bonds is 5. The number of aromatic nitrogens is 2. The fourth-order valence-electron chi connectivity index (χ4n) is 1.90. The minimum Gasteiger partial charge on any atom is -0.307 e. The van der Waals surface area contributed by atoms with E-state index in [0.717, 1.165) is 6.54 Å². The van der Waals surface area contributed by atoms with Crippen molar-refractivity contribution in [1.82, 2.24) is 15.3 Å². The molecule has 0 aliphatic carbocycles. The maximum absolute atomic E-state index is 13.8. The molecule has 1 aromatic heterocycles. The third-order valence-corrected chi connectivity index (χ3v) is 3.02. The Labute approximate surface area is 116 Å². The molecule has 0 spiro atoms. The molecule has 0 aliphatic rings. The highest BCUT2D eigenvalue weighted by Gasteiger charge is 2.16. The predicted molar refractivity (Wildman–Crippen MR) is 73.6 cm³/mol. The average molecular weight is 280 g/mol. The van der Waals surface area contributed by atoms with Gasteiger partial charge in [-0.3, -0.25) is 0 Å². The van der Waals surface area contributed by atoms with E-state index in [1.807, 2.05) is 6.92 Å². The van der Waals surface area contributed by atoms with E-state index in [4.69, 9.17) is 11.6 Å². The Morgan fingerprint density at radius 2 is 2.05 bits per heavy atom. The van der Waals surface area contributed by atoms with Gasteiger partial charge in [0, 0.05) is 17.4 Å². The van der Waals surface area contributed by atoms with Crippen LogP contribution in [0.5, 0.6) is 0 Å². The molecule has 0 bridgehead atoms. The third-order valence-electron chi connectivity index (χ3n) is 2.79. The van der Waals surface area contributed by atoms with Crippen LogP contribution >= 0.6 is 11.6 Å². The fraction of sp³-hybridized carbons (Fsp3) is 0.286. The van der Waals surface area contributed by atoms with Crippen molar-refractivity contribution in [3.63, 3.8) is 0 Å². The Morgan fingerprint density at radius 3 is 2.68 bits per heavy atom. The molecule has 1 atom stereocenters. The zero-order chi connectivity index (χ0) is 13.7. The van der Waals surface area contributed by atoms with Crippen LogP contribution in [-0.4, -0.2) is 16.5 Å². The van der Waals surface area contributed by atoms with Crippen LogP contribution in [0.1, 0.15) is 24.4 Å². The maximum atomic E-state index is 13.8. The number of hydrogen-bond acceptors (Lipinski definition) is 3. The summed E-state index contributed by atoms with van der Waals surface area (Å²) in [6.07, 6.45) is 3.86. The number of benzene rings is 1. The number of nitrogens with one attached hydrogen (secondary N) is 1. The second kappa shape index (κ2) is 6.59. The molecule has 1 N–H and O–H groups in total. The summed E-state index contributed by atoms with van der Waals surface area (Å²) < 4.78 is 13.8. The zero-order valence-corrected chi connectivity index (χ0v) is 11.4. The van der Waals surface area contributed by atoms with Gasteiger partial charge in [-0.2, -0.15) is 0 Å². The molecular weight excluding hydrogens is 265 g/mol. The lowest BCUT2D eigenvalue weighted by Gasteiger charge is -2.16. The Morgan fingerprint density at radius 1 is 1.32 bits per heavy atom. The van der Waals surface area contributed by atoms with Gasteiger partial charge in [0.05, 0.1) is 6.04 Å². The van der Waals surface area contributed by atoms with Gasteiger partial charge in [0.25, 0.3) is 0 Å². The molecule has 0 amide bonds. The van der Waals surface area contributed by atoms with Crippen LogP contribution in [0.15, 0.2) is 36.7 Å². The van der Waals surface area contributed by atoms with Gasteiger partial charge in [-0.25, -0.2) is 14.4 Å². The standard InChI is InChI=1S/C14H15ClFN3/c1-2-17-13(14-18-6-3-7-19-14)8-10-4-5-11(15)9-12(10)16/h3-7,9,13,17H,2,8H2,1H3. The minimum absolute atomic E-state index is 0.109. The van der Waals surface area contributed by atoms with Gasteiger partial charge in [0.2, 0.25) is 0 Å². The van der Waals surface area contributed by atoms with Gasteiger partial charge < -0.3 is 5.32 Å². The van der Waals surface area contributed by atoms with Gasteiger partial charge in [-0.05, 0) is 36.7 Å². The Kier molecular flexibility index (Phi) is 4.82. The van der Waals surface area contributed by atoms with E-state index in [1.54, 1.807) is 30.6 Å². The van der Waals surface area contributed by atoms with Crippen LogP contribution in [0, 0.1) is 5.82 Å². The molecule has 100 valence electrons. The SMILES string of the molecule is CCNC(Cc1ccc(Cl)cc1F)c1ncccn1. The van der Waals surface area contributed by atoms with Crippen molar-refractivity contribution in [2.45, 2.75) is 19.4 Å². The van der Waals surface area contributed by atoms with Gasteiger partial charge in [-0.15, -0.1) is 0 Å². The van der Waals surface area contributed by atoms with E-state index in [0.29, 0.717) is 22.8 Å². The lowest BCUT2D eigenvalue weighted by Crippen LogP contribution is -2.25. The van der Waals surface area contributed by atoms with Crippen molar-refractivity contribution in [3.05, 3.63) is 58.9 Å². The molecule has 0 radical (unpaired) electrons. The number of likely N-dealkylation sites (N-methyl/N-ethyl adjacent to an activating group) is 1. The van der Waals surface area contributed by atoms with Crippen molar-refractivity contribution in [3.8, 4) is 0 Å². The first-order valence-corrected chi connectivity index (χ1v) is 6.52. The van der Waals surface area contributed by atoms with E-state index >= 15 is 0 Å². The summed E-state index contributed by atoms with van der Waals surface area (Å²) in [5, 5.41) is 3.66. The molecule has 2 aromatic rings. The summed E-state index contributed by atoms with van der Waals surface area (Å²) in [4.78, 5) is 8.44. The first-order valence-electron chi connectivity index (χ1n) is 6.15. The molecule has 1 heterocycles. The smallest absolute Gasteiger partial charge is 0.145 e. The highest BCUT2D eigenvalue weighted by Crippen LogP contribution is 2.20. The molecule has 3 nitrogen and oxygen atoms in total. The predicted octanol–water partition coefficient (Wildman–Crippen LogP) is 3.16. The first-order chi connectivity index (χ1) is 9.20. The number of hydrogen-bond donors (Lipinski definition) is 1. The lowest BCUT2D eigenvalue weighted by molar-refractivity contribution is 0.505. The highest BCUT2D eigenvalue weighted by atomic mass is 35.5. The second-order valence-electron chi connectivity index (χ2n) is 4.16. The molecule has 0 fully saturated rings. The molecule has 0 aliphatic heterocycles. The third kappa shape index (κ3) is 3.72. The second-order valence-corrected chi connectivity index (χ2v) is 4.59. The molecule has 2 rings (SSSR count). The molecule has 19 heavy (non-hydrogen) atoms. The van der Waals surface area contributed by atoms with E-state index in [1.165, 1.54) is 6.07 Å². The number of halogens is 2. The van der Waals surface area contributed by atoms with Crippen molar-refractivity contribution in [1.29, 1.82) is 0 Å². The van der Waals surface area contributed by atoms with Gasteiger partial charge in [-0.1, -0.05) is 24.6 Å². The molecule has 0 saturated heterocycles. The topological polar surface area (TPSA) is 37.8 Å². The van der Waals surface area contributed by atoms with Crippen LogP contribution in [0.2, 0.25) is 5.02 Å². The molecule has 1 aromatic carbocycles. The monoisotopic (exact) mass is 279 g/mol. The Balaban J connectivity index is 2.21. The minimum atomic E-state index is -0.300. The summed E-state index contributed by atoms with van der Waals surface area (Å²) in [7, 11) is 0. The maximum Gasteiger partial charge on any atom is 0.145 e. The average Bonchev–Trinajstić information content (AvgIpc) is 2.42. The van der Waals surface area contributed by atoms with E-state index < -0.39 is 0 Å². The van der Waals surface area contributed by atoms with Gasteiger partial charge in [0.15, 0.2) is 0 Å². The van der Waals surface area contributed by atoms with Crippen LogP contribution in [-0.2, 0) is 6.42 Å². The quantitative estimate of drug-likeness (QED) is 0.914. The van der Waals surface area contributed by atoms with Crippen molar-refractivity contribution < 1.29 is 4.39 Å². The highest BCUT2D eigenvalue weighted by molar-refractivity contribution is 6.30. The van der Waals surface area contributed by atoms with Gasteiger partial charge >= 0.3 is 0 Å². The van der Waals surface area contributed by atoms with Crippen LogP contribution in [0.4, 0.5) is 4.39 Å². The lowest BCUT2D eigenvalue weighted by atomic mass is 10.0. The van der Waals surface area contributed by atoms with Crippen LogP contribution in [0.3, 0.4) is 0 Å². The van der Waals surface area contributed by atoms with Crippen molar-refractivity contribution in [2.75, 3.05) is 6.54 Å². The summed E-state index contributed by atoms with van der Waals surface area (Å²) in [5.41, 5.74) is 0.600. The normalized spacial score (nSPS) is 12.4. The van der Waals surface area contributed by atoms with Gasteiger partial charge in [0.1, 0.15) is 11.6 Å². The fourth-order valence-corrected chi connectivity index (χ4v) is 2.06. The summed E-state index contributed by atoms with van der Waals surface area (Å²) in [6, 6.07) is 6.36. The Bertz CT molecular complexity index is 533.